The average Bonchev–Trinajstić information content (AvgIpc) is 3.13. The van der Waals surface area contributed by atoms with Gasteiger partial charge in [0.15, 0.2) is 0 Å². The van der Waals surface area contributed by atoms with Crippen LogP contribution in [0.3, 0.4) is 0 Å². The van der Waals surface area contributed by atoms with Crippen LogP contribution in [0.2, 0.25) is 0 Å². The summed E-state index contributed by atoms with van der Waals surface area (Å²) in [6.45, 7) is 2.52. The molecule has 0 aliphatic carbocycles. The van der Waals surface area contributed by atoms with Crippen molar-refractivity contribution in [3.05, 3.63) is 64.7 Å². The number of aryl methyl sites for hydroxylation is 1. The SMILES string of the molecule is CCCCc1nc(-c2ccc(C(F)(F)F)cc2)sc1COc1cccc(SC)c1. The first-order valence-corrected chi connectivity index (χ1v) is 11.4. The first-order valence-electron chi connectivity index (χ1n) is 9.33. The summed E-state index contributed by atoms with van der Waals surface area (Å²) in [5, 5.41) is 0.723. The molecule has 3 aromatic rings. The van der Waals surface area contributed by atoms with Crippen molar-refractivity contribution in [1.29, 1.82) is 0 Å². The summed E-state index contributed by atoms with van der Waals surface area (Å²) in [4.78, 5) is 6.85. The van der Waals surface area contributed by atoms with Crippen molar-refractivity contribution in [3.63, 3.8) is 0 Å². The zero-order valence-electron chi connectivity index (χ0n) is 16.3. The molecule has 1 heterocycles. The Labute approximate surface area is 177 Å². The van der Waals surface area contributed by atoms with E-state index in [1.54, 1.807) is 11.8 Å². The predicted octanol–water partition coefficient (Wildman–Crippen LogP) is 7.47. The lowest BCUT2D eigenvalue weighted by Crippen LogP contribution is -2.03. The van der Waals surface area contributed by atoms with Crippen molar-refractivity contribution in [2.24, 2.45) is 0 Å². The molecule has 2 nitrogen and oxygen atoms in total. The normalized spacial score (nSPS) is 11.6. The van der Waals surface area contributed by atoms with Gasteiger partial charge in [-0.15, -0.1) is 23.1 Å². The van der Waals surface area contributed by atoms with E-state index in [1.807, 2.05) is 30.5 Å². The third-order valence-electron chi connectivity index (χ3n) is 4.42. The molecule has 0 aliphatic rings. The molecule has 0 amide bonds. The van der Waals surface area contributed by atoms with Gasteiger partial charge in [0.2, 0.25) is 0 Å². The van der Waals surface area contributed by atoms with E-state index in [1.165, 1.54) is 23.5 Å². The average molecular weight is 438 g/mol. The van der Waals surface area contributed by atoms with E-state index in [0.717, 1.165) is 57.6 Å². The van der Waals surface area contributed by atoms with Crippen molar-refractivity contribution in [2.45, 2.75) is 43.9 Å². The van der Waals surface area contributed by atoms with Gasteiger partial charge in [0.1, 0.15) is 17.4 Å². The highest BCUT2D eigenvalue weighted by atomic mass is 32.2. The van der Waals surface area contributed by atoms with Crippen molar-refractivity contribution >= 4 is 23.1 Å². The molecule has 29 heavy (non-hydrogen) atoms. The maximum Gasteiger partial charge on any atom is 0.416 e. The molecular formula is C22H22F3NOS2. The van der Waals surface area contributed by atoms with E-state index in [2.05, 4.69) is 6.92 Å². The molecule has 0 radical (unpaired) electrons. The number of hydrogen-bond acceptors (Lipinski definition) is 4. The molecule has 0 unspecified atom stereocenters. The van der Waals surface area contributed by atoms with Gasteiger partial charge in [-0.05, 0) is 49.4 Å². The molecule has 1 aromatic heterocycles. The summed E-state index contributed by atoms with van der Waals surface area (Å²) in [6.07, 6.45) is 0.561. The fourth-order valence-electron chi connectivity index (χ4n) is 2.80. The maximum absolute atomic E-state index is 12.8. The summed E-state index contributed by atoms with van der Waals surface area (Å²) < 4.78 is 44.4. The topological polar surface area (TPSA) is 22.1 Å². The van der Waals surface area contributed by atoms with Crippen LogP contribution < -0.4 is 4.74 Å². The molecular weight excluding hydrogens is 415 g/mol. The lowest BCUT2D eigenvalue weighted by molar-refractivity contribution is -0.137. The van der Waals surface area contributed by atoms with Gasteiger partial charge in [-0.1, -0.05) is 31.5 Å². The number of unbranched alkanes of at least 4 members (excludes halogenated alkanes) is 1. The van der Waals surface area contributed by atoms with E-state index in [4.69, 9.17) is 9.72 Å². The molecule has 0 spiro atoms. The molecule has 154 valence electrons. The fourth-order valence-corrected chi connectivity index (χ4v) is 4.28. The Morgan fingerprint density at radius 2 is 1.86 bits per heavy atom. The lowest BCUT2D eigenvalue weighted by Gasteiger charge is -2.07. The van der Waals surface area contributed by atoms with Gasteiger partial charge in [0, 0.05) is 10.5 Å². The molecule has 0 bridgehead atoms. The standard InChI is InChI=1S/C22H22F3NOS2/c1-3-4-8-19-20(14-27-17-6-5-7-18(13-17)28-2)29-21(26-19)15-9-11-16(12-10-15)22(23,24)25/h5-7,9-13H,3-4,8,14H2,1-2H3. The minimum atomic E-state index is -4.34. The molecule has 2 aromatic carbocycles. The Hall–Kier alpha value is -1.99. The highest BCUT2D eigenvalue weighted by molar-refractivity contribution is 7.98. The van der Waals surface area contributed by atoms with Crippen LogP contribution in [-0.4, -0.2) is 11.2 Å². The number of rotatable bonds is 8. The molecule has 0 fully saturated rings. The number of hydrogen-bond donors (Lipinski definition) is 0. The smallest absolute Gasteiger partial charge is 0.416 e. The van der Waals surface area contributed by atoms with Gasteiger partial charge in [-0.25, -0.2) is 4.98 Å². The van der Waals surface area contributed by atoms with Crippen LogP contribution in [0, 0.1) is 0 Å². The molecule has 0 aliphatic heterocycles. The van der Waals surface area contributed by atoms with Crippen molar-refractivity contribution in [1.82, 2.24) is 4.98 Å². The Morgan fingerprint density at radius 1 is 1.10 bits per heavy atom. The van der Waals surface area contributed by atoms with Crippen molar-refractivity contribution in [2.75, 3.05) is 6.26 Å². The fraction of sp³-hybridized carbons (Fsp3) is 0.318. The largest absolute Gasteiger partial charge is 0.488 e. The minimum Gasteiger partial charge on any atom is -0.488 e. The number of alkyl halides is 3. The van der Waals surface area contributed by atoms with Gasteiger partial charge in [-0.3, -0.25) is 0 Å². The second-order valence-corrected chi connectivity index (χ2v) is 8.50. The van der Waals surface area contributed by atoms with Crippen molar-refractivity contribution < 1.29 is 17.9 Å². The maximum atomic E-state index is 12.8. The van der Waals surface area contributed by atoms with E-state index in [-0.39, 0.29) is 0 Å². The van der Waals surface area contributed by atoms with Crippen LogP contribution in [-0.2, 0) is 19.2 Å². The number of thioether (sulfide) groups is 1. The van der Waals surface area contributed by atoms with Crippen LogP contribution in [0.5, 0.6) is 5.75 Å². The summed E-state index contributed by atoms with van der Waals surface area (Å²) in [5.74, 6) is 0.794. The summed E-state index contributed by atoms with van der Waals surface area (Å²) in [5.41, 5.74) is 1.00. The Kier molecular flexibility index (Phi) is 7.24. The highest BCUT2D eigenvalue weighted by Gasteiger charge is 2.30. The van der Waals surface area contributed by atoms with Crippen LogP contribution in [0.25, 0.3) is 10.6 Å². The van der Waals surface area contributed by atoms with Crippen molar-refractivity contribution in [3.8, 4) is 16.3 Å². The first kappa shape index (κ1) is 21.7. The van der Waals surface area contributed by atoms with E-state index >= 15 is 0 Å². The zero-order valence-corrected chi connectivity index (χ0v) is 17.9. The number of halogens is 3. The number of thiazole rings is 1. The van der Waals surface area contributed by atoms with Crippen LogP contribution in [0.4, 0.5) is 13.2 Å². The predicted molar refractivity (Wildman–Crippen MR) is 114 cm³/mol. The number of benzene rings is 2. The van der Waals surface area contributed by atoms with Crippen LogP contribution in [0.1, 0.15) is 35.9 Å². The third kappa shape index (κ3) is 5.76. The van der Waals surface area contributed by atoms with Gasteiger partial charge in [0.05, 0.1) is 16.1 Å². The second-order valence-electron chi connectivity index (χ2n) is 6.54. The zero-order chi connectivity index (χ0) is 20.9. The quantitative estimate of drug-likeness (QED) is 0.341. The molecule has 7 heteroatoms. The Morgan fingerprint density at radius 3 is 2.52 bits per heavy atom. The molecule has 0 N–H and O–H groups in total. The lowest BCUT2D eigenvalue weighted by atomic mass is 10.1. The van der Waals surface area contributed by atoms with E-state index in [0.29, 0.717) is 12.2 Å². The summed E-state index contributed by atoms with van der Waals surface area (Å²) in [7, 11) is 0. The molecule has 0 atom stereocenters. The highest BCUT2D eigenvalue weighted by Crippen LogP contribution is 2.34. The first-order chi connectivity index (χ1) is 13.9. The van der Waals surface area contributed by atoms with Crippen LogP contribution >= 0.6 is 23.1 Å². The van der Waals surface area contributed by atoms with Gasteiger partial charge >= 0.3 is 6.18 Å². The Bertz CT molecular complexity index is 936. The van der Waals surface area contributed by atoms with Gasteiger partial charge < -0.3 is 4.74 Å². The molecule has 3 rings (SSSR count). The van der Waals surface area contributed by atoms with Crippen LogP contribution in [0.15, 0.2) is 53.4 Å². The van der Waals surface area contributed by atoms with E-state index < -0.39 is 11.7 Å². The monoisotopic (exact) mass is 437 g/mol. The minimum absolute atomic E-state index is 0.398. The molecule has 0 saturated heterocycles. The number of ether oxygens (including phenoxy) is 1. The van der Waals surface area contributed by atoms with E-state index in [9.17, 15) is 13.2 Å². The summed E-state index contributed by atoms with van der Waals surface area (Å²) in [6, 6.07) is 13.1. The number of nitrogens with zero attached hydrogens (tertiary/aromatic N) is 1. The summed E-state index contributed by atoms with van der Waals surface area (Å²) >= 11 is 3.14. The molecule has 0 saturated carbocycles. The Balaban J connectivity index is 1.81. The van der Waals surface area contributed by atoms with Gasteiger partial charge in [0.25, 0.3) is 0 Å². The van der Waals surface area contributed by atoms with Gasteiger partial charge in [-0.2, -0.15) is 13.2 Å². The third-order valence-corrected chi connectivity index (χ3v) is 6.26. The second kappa shape index (κ2) is 9.67. The number of aromatic nitrogens is 1.